The molecule has 0 unspecified atom stereocenters. The van der Waals surface area contributed by atoms with Gasteiger partial charge >= 0.3 is 0 Å². The lowest BCUT2D eigenvalue weighted by Crippen LogP contribution is -2.30. The molecule has 1 aliphatic carbocycles. The summed E-state index contributed by atoms with van der Waals surface area (Å²) in [6.07, 6.45) is 4.95. The number of ether oxygens (including phenoxy) is 1. The molecular weight excluding hydrogens is 344 g/mol. The molecular formula is C16H24N4O4S. The van der Waals surface area contributed by atoms with Gasteiger partial charge in [-0.2, -0.15) is 5.10 Å². The van der Waals surface area contributed by atoms with Crippen LogP contribution in [0, 0.1) is 10.7 Å². The van der Waals surface area contributed by atoms with E-state index in [2.05, 4.69) is 15.5 Å². The normalized spacial score (nSPS) is 16.0. The Morgan fingerprint density at radius 1 is 1.44 bits per heavy atom. The fourth-order valence-corrected chi connectivity index (χ4v) is 3.20. The minimum absolute atomic E-state index is 0.0198. The van der Waals surface area contributed by atoms with Gasteiger partial charge in [-0.25, -0.2) is 5.43 Å². The molecule has 0 saturated heterocycles. The highest BCUT2D eigenvalue weighted by atomic mass is 32.1. The third-order valence-electron chi connectivity index (χ3n) is 4.36. The molecule has 1 amide bonds. The molecule has 1 fully saturated rings. The number of carbonyl (C=O) groups is 1. The van der Waals surface area contributed by atoms with E-state index in [1.165, 1.54) is 11.7 Å². The Bertz CT molecular complexity index is 762. The molecule has 0 spiro atoms. The average molecular weight is 368 g/mol. The van der Waals surface area contributed by atoms with E-state index in [0.29, 0.717) is 6.61 Å². The first-order chi connectivity index (χ1) is 12.0. The number of rotatable bonds is 6. The molecule has 138 valence electrons. The Morgan fingerprint density at radius 2 is 2.12 bits per heavy atom. The van der Waals surface area contributed by atoms with Crippen LogP contribution in [0.25, 0.3) is 0 Å². The van der Waals surface area contributed by atoms with Crippen molar-refractivity contribution in [3.05, 3.63) is 20.7 Å². The molecule has 0 bridgehead atoms. The smallest absolute Gasteiger partial charge is 0.264 e. The minimum atomic E-state index is -0.552. The number of hydrogen-bond donors (Lipinski definition) is 3. The maximum Gasteiger partial charge on any atom is 0.264 e. The van der Waals surface area contributed by atoms with E-state index in [1.54, 1.807) is 6.92 Å². The molecule has 0 radical (unpaired) electrons. The van der Waals surface area contributed by atoms with Gasteiger partial charge in [-0.05, 0) is 32.0 Å². The highest BCUT2D eigenvalue weighted by Crippen LogP contribution is 2.23. The van der Waals surface area contributed by atoms with Gasteiger partial charge < -0.3 is 9.84 Å². The van der Waals surface area contributed by atoms with E-state index in [1.807, 2.05) is 0 Å². The second-order valence-corrected chi connectivity index (χ2v) is 6.50. The monoisotopic (exact) mass is 368 g/mol. The highest BCUT2D eigenvalue weighted by molar-refractivity contribution is 7.71. The number of hydrazone groups is 1. The van der Waals surface area contributed by atoms with Crippen LogP contribution >= 0.6 is 12.2 Å². The zero-order chi connectivity index (χ0) is 18.4. The number of methoxy groups -OCH3 is 1. The van der Waals surface area contributed by atoms with Crippen molar-refractivity contribution in [2.45, 2.75) is 45.6 Å². The third-order valence-corrected chi connectivity index (χ3v) is 4.68. The van der Waals surface area contributed by atoms with Gasteiger partial charge in [0, 0.05) is 13.0 Å². The summed E-state index contributed by atoms with van der Waals surface area (Å²) in [4.78, 5) is 26.8. The Labute approximate surface area is 150 Å². The SMILES string of the molecule is COCCn1c(O)c(/C(C)=N/NC(=O)C2CCCCC2)c(=O)[nH]c1=S. The van der Waals surface area contributed by atoms with E-state index in [4.69, 9.17) is 17.0 Å². The first-order valence-electron chi connectivity index (χ1n) is 8.35. The number of nitrogens with zero attached hydrogens (tertiary/aromatic N) is 2. The lowest BCUT2D eigenvalue weighted by Gasteiger charge is -2.19. The van der Waals surface area contributed by atoms with Crippen molar-refractivity contribution in [2.75, 3.05) is 13.7 Å². The molecule has 8 nitrogen and oxygen atoms in total. The van der Waals surface area contributed by atoms with E-state index in [9.17, 15) is 14.7 Å². The summed E-state index contributed by atoms with van der Waals surface area (Å²) >= 11 is 5.06. The fourth-order valence-electron chi connectivity index (χ4n) is 2.93. The Balaban J connectivity index is 2.22. The zero-order valence-corrected chi connectivity index (χ0v) is 15.3. The Hall–Kier alpha value is -2.00. The van der Waals surface area contributed by atoms with Crippen molar-refractivity contribution in [2.24, 2.45) is 11.0 Å². The quantitative estimate of drug-likeness (QED) is 0.402. The van der Waals surface area contributed by atoms with Crippen LogP contribution in [-0.2, 0) is 16.1 Å². The predicted octanol–water partition coefficient (Wildman–Crippen LogP) is 1.68. The molecule has 1 saturated carbocycles. The van der Waals surface area contributed by atoms with Crippen molar-refractivity contribution in [3.8, 4) is 5.88 Å². The van der Waals surface area contributed by atoms with Gasteiger partial charge in [0.05, 0.1) is 18.9 Å². The standard InChI is InChI=1S/C16H24N4O4S/c1-10(18-19-13(21)11-6-4-3-5-7-11)12-14(22)17-16(25)20(15(12)23)8-9-24-2/h11,23H,3-9H2,1-2H3,(H,19,21)(H,17,22,25)/b18-10+. The number of amides is 1. The zero-order valence-electron chi connectivity index (χ0n) is 14.5. The molecule has 0 atom stereocenters. The number of nitrogens with one attached hydrogen (secondary N) is 2. The van der Waals surface area contributed by atoms with Crippen LogP contribution in [0.5, 0.6) is 5.88 Å². The van der Waals surface area contributed by atoms with Crippen LogP contribution < -0.4 is 11.0 Å². The van der Waals surface area contributed by atoms with Crippen molar-refractivity contribution in [1.29, 1.82) is 0 Å². The largest absolute Gasteiger partial charge is 0.494 e. The summed E-state index contributed by atoms with van der Waals surface area (Å²) in [5, 5.41) is 14.4. The fraction of sp³-hybridized carbons (Fsp3) is 0.625. The maximum absolute atomic E-state index is 12.2. The van der Waals surface area contributed by atoms with Gasteiger partial charge in [-0.15, -0.1) is 0 Å². The van der Waals surface area contributed by atoms with Crippen LogP contribution in [0.2, 0.25) is 0 Å². The van der Waals surface area contributed by atoms with Gasteiger partial charge in [-0.3, -0.25) is 19.1 Å². The van der Waals surface area contributed by atoms with Crippen LogP contribution in [-0.4, -0.2) is 40.0 Å². The summed E-state index contributed by atoms with van der Waals surface area (Å²) in [5.74, 6) is -0.486. The van der Waals surface area contributed by atoms with Crippen molar-refractivity contribution in [1.82, 2.24) is 15.0 Å². The number of aromatic nitrogens is 2. The number of hydrogen-bond acceptors (Lipinski definition) is 6. The summed E-state index contributed by atoms with van der Waals surface area (Å²) in [6, 6.07) is 0. The lowest BCUT2D eigenvalue weighted by molar-refractivity contribution is -0.125. The van der Waals surface area contributed by atoms with E-state index < -0.39 is 5.56 Å². The number of aromatic amines is 1. The molecule has 9 heteroatoms. The molecule has 1 aromatic rings. The predicted molar refractivity (Wildman–Crippen MR) is 96.4 cm³/mol. The third kappa shape index (κ3) is 4.76. The second kappa shape index (κ2) is 8.91. The molecule has 2 rings (SSSR count). The van der Waals surface area contributed by atoms with Crippen molar-refractivity contribution >= 4 is 23.8 Å². The molecule has 1 aromatic heterocycles. The molecule has 0 aliphatic heterocycles. The Morgan fingerprint density at radius 3 is 2.76 bits per heavy atom. The maximum atomic E-state index is 12.2. The topological polar surface area (TPSA) is 109 Å². The molecule has 3 N–H and O–H groups in total. The van der Waals surface area contributed by atoms with E-state index in [0.717, 1.165) is 32.1 Å². The average Bonchev–Trinajstić information content (AvgIpc) is 2.60. The number of carbonyl (C=O) groups excluding carboxylic acids is 1. The lowest BCUT2D eigenvalue weighted by atomic mass is 9.89. The molecule has 1 aliphatic rings. The first-order valence-corrected chi connectivity index (χ1v) is 8.76. The van der Waals surface area contributed by atoms with Gasteiger partial charge in [0.15, 0.2) is 4.77 Å². The van der Waals surface area contributed by atoms with Crippen LogP contribution in [0.1, 0.15) is 44.6 Å². The van der Waals surface area contributed by atoms with Gasteiger partial charge in [-0.1, -0.05) is 19.3 Å². The summed E-state index contributed by atoms with van der Waals surface area (Å²) in [6.45, 7) is 2.16. The van der Waals surface area contributed by atoms with E-state index >= 15 is 0 Å². The van der Waals surface area contributed by atoms with E-state index in [-0.39, 0.29) is 40.3 Å². The van der Waals surface area contributed by atoms with Crippen molar-refractivity contribution < 1.29 is 14.6 Å². The van der Waals surface area contributed by atoms with Gasteiger partial charge in [0.1, 0.15) is 5.56 Å². The Kier molecular flexibility index (Phi) is 6.89. The molecule has 1 heterocycles. The van der Waals surface area contributed by atoms with Crippen LogP contribution in [0.4, 0.5) is 0 Å². The van der Waals surface area contributed by atoms with Crippen LogP contribution in [0.15, 0.2) is 9.90 Å². The summed E-state index contributed by atoms with van der Waals surface area (Å²) in [5.41, 5.74) is 2.15. The number of aromatic hydroxyl groups is 1. The first kappa shape index (κ1) is 19.3. The molecule has 0 aromatic carbocycles. The van der Waals surface area contributed by atoms with Gasteiger partial charge in [0.2, 0.25) is 11.8 Å². The van der Waals surface area contributed by atoms with Crippen molar-refractivity contribution in [3.63, 3.8) is 0 Å². The second-order valence-electron chi connectivity index (χ2n) is 6.11. The summed E-state index contributed by atoms with van der Waals surface area (Å²) < 4.78 is 6.43. The number of H-pyrrole nitrogens is 1. The molecule has 25 heavy (non-hydrogen) atoms. The van der Waals surface area contributed by atoms with Crippen LogP contribution in [0.3, 0.4) is 0 Å². The highest BCUT2D eigenvalue weighted by Gasteiger charge is 2.21. The summed E-state index contributed by atoms with van der Waals surface area (Å²) in [7, 11) is 1.53. The van der Waals surface area contributed by atoms with Gasteiger partial charge in [0.25, 0.3) is 5.56 Å². The minimum Gasteiger partial charge on any atom is -0.494 e.